The Balaban J connectivity index is 2.31. The van der Waals surface area contributed by atoms with Crippen LogP contribution in [0.15, 0.2) is 42.5 Å². The number of hydrogen-bond donors (Lipinski definition) is 1. The van der Waals surface area contributed by atoms with Crippen LogP contribution < -0.4 is 0 Å². The summed E-state index contributed by atoms with van der Waals surface area (Å²) in [4.78, 5) is 11.5. The molecule has 2 rings (SSSR count). The minimum absolute atomic E-state index is 0.341. The van der Waals surface area contributed by atoms with Crippen LogP contribution in [0.5, 0.6) is 0 Å². The number of aliphatic carboxylic acids is 1. The van der Waals surface area contributed by atoms with Crippen LogP contribution in [-0.2, 0) is 11.2 Å². The van der Waals surface area contributed by atoms with Gasteiger partial charge in [-0.1, -0.05) is 53.0 Å². The van der Waals surface area contributed by atoms with Crippen LogP contribution in [0, 0.1) is 0 Å². The molecular weight excluding hydrogens is 319 g/mol. The van der Waals surface area contributed by atoms with Crippen molar-refractivity contribution in [1.29, 1.82) is 0 Å². The normalized spacial score (nSPS) is 12.2. The van der Waals surface area contributed by atoms with Gasteiger partial charge in [0.05, 0.1) is 5.92 Å². The predicted octanol–water partition coefficient (Wildman–Crippen LogP) is 5.06. The molecule has 0 saturated carbocycles. The second-order valence-electron chi connectivity index (χ2n) is 4.39. The van der Waals surface area contributed by atoms with Crippen molar-refractivity contribution in [2.75, 3.05) is 0 Å². The van der Waals surface area contributed by atoms with Gasteiger partial charge in [0.25, 0.3) is 0 Å². The van der Waals surface area contributed by atoms with Gasteiger partial charge in [0, 0.05) is 15.1 Å². The van der Waals surface area contributed by atoms with Gasteiger partial charge in [-0.2, -0.15) is 0 Å². The maximum atomic E-state index is 11.5. The quantitative estimate of drug-likeness (QED) is 0.851. The van der Waals surface area contributed by atoms with Crippen LogP contribution in [0.1, 0.15) is 17.0 Å². The highest BCUT2D eigenvalue weighted by Crippen LogP contribution is 2.30. The zero-order valence-corrected chi connectivity index (χ0v) is 12.6. The molecule has 0 aliphatic rings. The zero-order chi connectivity index (χ0) is 14.7. The van der Waals surface area contributed by atoms with E-state index >= 15 is 0 Å². The Morgan fingerprint density at radius 1 is 1.00 bits per heavy atom. The van der Waals surface area contributed by atoms with E-state index in [9.17, 15) is 9.90 Å². The number of hydrogen-bond acceptors (Lipinski definition) is 1. The lowest BCUT2D eigenvalue weighted by molar-refractivity contribution is -0.138. The maximum absolute atomic E-state index is 11.5. The van der Waals surface area contributed by atoms with Crippen molar-refractivity contribution < 1.29 is 9.90 Å². The van der Waals surface area contributed by atoms with E-state index in [0.29, 0.717) is 27.1 Å². The van der Waals surface area contributed by atoms with Crippen molar-refractivity contribution in [3.05, 3.63) is 68.7 Å². The summed E-state index contributed by atoms with van der Waals surface area (Å²) in [6, 6.07) is 11.9. The highest BCUT2D eigenvalue weighted by molar-refractivity contribution is 6.35. The summed E-state index contributed by atoms with van der Waals surface area (Å²) >= 11 is 17.7. The number of benzene rings is 2. The van der Waals surface area contributed by atoms with Crippen LogP contribution >= 0.6 is 34.8 Å². The maximum Gasteiger partial charge on any atom is 0.311 e. The fraction of sp³-hybridized carbons (Fsp3) is 0.133. The van der Waals surface area contributed by atoms with Crippen LogP contribution in [-0.4, -0.2) is 11.1 Å². The van der Waals surface area contributed by atoms with Gasteiger partial charge in [-0.3, -0.25) is 4.79 Å². The molecule has 0 saturated heterocycles. The van der Waals surface area contributed by atoms with E-state index in [0.717, 1.165) is 5.56 Å². The SMILES string of the molecule is O=C(O)C(Cc1ccc(Cl)cc1)c1ccc(Cl)cc1Cl. The summed E-state index contributed by atoms with van der Waals surface area (Å²) in [6.07, 6.45) is 0.341. The Morgan fingerprint density at radius 2 is 1.60 bits per heavy atom. The molecule has 104 valence electrons. The van der Waals surface area contributed by atoms with Gasteiger partial charge in [0.1, 0.15) is 0 Å². The second-order valence-corrected chi connectivity index (χ2v) is 5.67. The molecule has 1 unspecified atom stereocenters. The average molecular weight is 330 g/mol. The van der Waals surface area contributed by atoms with Crippen molar-refractivity contribution >= 4 is 40.8 Å². The molecule has 0 aliphatic carbocycles. The molecule has 5 heteroatoms. The van der Waals surface area contributed by atoms with Gasteiger partial charge in [0.2, 0.25) is 0 Å². The molecule has 20 heavy (non-hydrogen) atoms. The second kappa shape index (κ2) is 6.49. The minimum atomic E-state index is -0.927. The summed E-state index contributed by atoms with van der Waals surface area (Å²) in [5.74, 6) is -1.65. The molecule has 0 amide bonds. The van der Waals surface area contributed by atoms with Gasteiger partial charge in [-0.05, 0) is 41.8 Å². The van der Waals surface area contributed by atoms with Gasteiger partial charge >= 0.3 is 5.97 Å². The Labute approximate surface area is 131 Å². The smallest absolute Gasteiger partial charge is 0.311 e. The zero-order valence-electron chi connectivity index (χ0n) is 10.3. The van der Waals surface area contributed by atoms with E-state index in [1.807, 2.05) is 12.1 Å². The van der Waals surface area contributed by atoms with E-state index in [1.54, 1.807) is 30.3 Å². The summed E-state index contributed by atoms with van der Waals surface area (Å²) < 4.78 is 0. The summed E-state index contributed by atoms with van der Waals surface area (Å²) in [7, 11) is 0. The largest absolute Gasteiger partial charge is 0.481 e. The summed E-state index contributed by atoms with van der Waals surface area (Å²) in [5.41, 5.74) is 1.44. The molecular formula is C15H11Cl3O2. The molecule has 0 spiro atoms. The fourth-order valence-corrected chi connectivity index (χ4v) is 2.64. The molecule has 0 aromatic heterocycles. The molecule has 0 fully saturated rings. The van der Waals surface area contributed by atoms with Crippen molar-refractivity contribution in [2.45, 2.75) is 12.3 Å². The summed E-state index contributed by atoms with van der Waals surface area (Å²) in [5, 5.41) is 10.9. The highest BCUT2D eigenvalue weighted by Gasteiger charge is 2.22. The molecule has 0 heterocycles. The summed E-state index contributed by atoms with van der Waals surface area (Å²) in [6.45, 7) is 0. The van der Waals surface area contributed by atoms with Gasteiger partial charge in [-0.25, -0.2) is 0 Å². The van der Waals surface area contributed by atoms with Gasteiger partial charge in [0.15, 0.2) is 0 Å². The van der Waals surface area contributed by atoms with Gasteiger partial charge in [-0.15, -0.1) is 0 Å². The minimum Gasteiger partial charge on any atom is -0.481 e. The van der Waals surface area contributed by atoms with Crippen molar-refractivity contribution in [1.82, 2.24) is 0 Å². The first-order chi connectivity index (χ1) is 9.47. The van der Waals surface area contributed by atoms with E-state index < -0.39 is 11.9 Å². The third kappa shape index (κ3) is 3.66. The topological polar surface area (TPSA) is 37.3 Å². The Morgan fingerprint density at radius 3 is 2.15 bits per heavy atom. The Hall–Kier alpha value is -1.22. The monoisotopic (exact) mass is 328 g/mol. The van der Waals surface area contributed by atoms with E-state index in [1.165, 1.54) is 0 Å². The molecule has 2 aromatic carbocycles. The van der Waals surface area contributed by atoms with Crippen LogP contribution in [0.3, 0.4) is 0 Å². The lowest BCUT2D eigenvalue weighted by atomic mass is 9.92. The van der Waals surface area contributed by atoms with E-state index in [4.69, 9.17) is 34.8 Å². The van der Waals surface area contributed by atoms with E-state index in [2.05, 4.69) is 0 Å². The van der Waals surface area contributed by atoms with Crippen molar-refractivity contribution in [3.63, 3.8) is 0 Å². The van der Waals surface area contributed by atoms with Crippen molar-refractivity contribution in [3.8, 4) is 0 Å². The van der Waals surface area contributed by atoms with Crippen molar-refractivity contribution in [2.24, 2.45) is 0 Å². The number of carbonyl (C=O) groups is 1. The first-order valence-corrected chi connectivity index (χ1v) is 7.03. The number of rotatable bonds is 4. The third-order valence-corrected chi connectivity index (χ3v) is 3.80. The average Bonchev–Trinajstić information content (AvgIpc) is 2.39. The van der Waals surface area contributed by atoms with E-state index in [-0.39, 0.29) is 0 Å². The predicted molar refractivity (Wildman–Crippen MR) is 82.0 cm³/mol. The number of halogens is 3. The highest BCUT2D eigenvalue weighted by atomic mass is 35.5. The molecule has 2 aromatic rings. The lowest BCUT2D eigenvalue weighted by Gasteiger charge is -2.15. The lowest BCUT2D eigenvalue weighted by Crippen LogP contribution is -2.15. The Bertz CT molecular complexity index is 624. The molecule has 1 atom stereocenters. The first kappa shape index (κ1) is 15.2. The third-order valence-electron chi connectivity index (χ3n) is 2.99. The number of carboxylic acid groups (broad SMARTS) is 1. The molecule has 0 radical (unpaired) electrons. The molecule has 0 bridgehead atoms. The standard InChI is InChI=1S/C15H11Cl3O2/c16-10-3-1-9(2-4-10)7-13(15(19)20)12-6-5-11(17)8-14(12)18/h1-6,8,13H,7H2,(H,19,20). The molecule has 1 N–H and O–H groups in total. The van der Waals surface area contributed by atoms with Gasteiger partial charge < -0.3 is 5.11 Å². The molecule has 0 aliphatic heterocycles. The first-order valence-electron chi connectivity index (χ1n) is 5.89. The Kier molecular flexibility index (Phi) is 4.92. The van der Waals surface area contributed by atoms with Crippen LogP contribution in [0.2, 0.25) is 15.1 Å². The number of carboxylic acids is 1. The fourth-order valence-electron chi connectivity index (χ4n) is 1.97. The molecule has 2 nitrogen and oxygen atoms in total. The van der Waals surface area contributed by atoms with Crippen LogP contribution in [0.25, 0.3) is 0 Å². The van der Waals surface area contributed by atoms with Crippen LogP contribution in [0.4, 0.5) is 0 Å².